The summed E-state index contributed by atoms with van der Waals surface area (Å²) in [6.45, 7) is 7.00. The van der Waals surface area contributed by atoms with Crippen molar-refractivity contribution < 1.29 is 4.79 Å². The molecule has 2 rings (SSSR count). The van der Waals surface area contributed by atoms with E-state index in [1.54, 1.807) is 0 Å². The largest absolute Gasteiger partial charge is 0.338 e. The Balaban J connectivity index is 0.00000264. The molecule has 130 valence electrons. The Morgan fingerprint density at radius 3 is 2.65 bits per heavy atom. The van der Waals surface area contributed by atoms with Crippen molar-refractivity contribution in [1.29, 1.82) is 0 Å². The maximum Gasteiger partial charge on any atom is 0.237 e. The van der Waals surface area contributed by atoms with Crippen LogP contribution in [0.15, 0.2) is 30.3 Å². The zero-order valence-electron chi connectivity index (χ0n) is 14.3. The Hall–Kier alpha value is -1.10. The van der Waals surface area contributed by atoms with Crippen molar-refractivity contribution in [2.24, 2.45) is 5.73 Å². The number of hydrogen-bond donors (Lipinski definition) is 1. The van der Waals surface area contributed by atoms with Crippen molar-refractivity contribution in [2.75, 3.05) is 19.6 Å². The van der Waals surface area contributed by atoms with Crippen LogP contribution in [0, 0.1) is 0 Å². The lowest BCUT2D eigenvalue weighted by molar-refractivity contribution is -0.133. The van der Waals surface area contributed by atoms with Gasteiger partial charge in [-0.3, -0.25) is 9.69 Å². The molecule has 0 radical (unpaired) electrons. The smallest absolute Gasteiger partial charge is 0.237 e. The molecule has 2 atom stereocenters. The van der Waals surface area contributed by atoms with E-state index in [1.165, 1.54) is 18.4 Å². The van der Waals surface area contributed by atoms with Crippen LogP contribution >= 0.6 is 12.4 Å². The Morgan fingerprint density at radius 1 is 1.35 bits per heavy atom. The van der Waals surface area contributed by atoms with Gasteiger partial charge in [0.1, 0.15) is 0 Å². The van der Waals surface area contributed by atoms with Gasteiger partial charge in [-0.25, -0.2) is 0 Å². The molecule has 0 bridgehead atoms. The molecule has 1 aromatic carbocycles. The van der Waals surface area contributed by atoms with Crippen molar-refractivity contribution in [3.8, 4) is 0 Å². The number of amides is 1. The molecule has 2 unspecified atom stereocenters. The van der Waals surface area contributed by atoms with Gasteiger partial charge in [-0.2, -0.15) is 0 Å². The highest BCUT2D eigenvalue weighted by atomic mass is 35.5. The fourth-order valence-corrected chi connectivity index (χ4v) is 3.26. The van der Waals surface area contributed by atoms with E-state index in [9.17, 15) is 4.79 Å². The molecule has 0 aliphatic carbocycles. The summed E-state index contributed by atoms with van der Waals surface area (Å²) in [5, 5.41) is 0. The highest BCUT2D eigenvalue weighted by Gasteiger charge is 2.28. The topological polar surface area (TPSA) is 49.6 Å². The molecule has 4 nitrogen and oxygen atoms in total. The van der Waals surface area contributed by atoms with E-state index in [1.807, 2.05) is 30.0 Å². The summed E-state index contributed by atoms with van der Waals surface area (Å²) in [5.74, 6) is 0.207. The van der Waals surface area contributed by atoms with Gasteiger partial charge < -0.3 is 10.6 Å². The zero-order chi connectivity index (χ0) is 15.9. The van der Waals surface area contributed by atoms with Crippen molar-refractivity contribution in [2.45, 2.75) is 51.7 Å². The van der Waals surface area contributed by atoms with Gasteiger partial charge in [0, 0.05) is 25.2 Å². The van der Waals surface area contributed by atoms with E-state index in [-0.39, 0.29) is 24.4 Å². The van der Waals surface area contributed by atoms with Crippen LogP contribution in [-0.2, 0) is 11.3 Å². The van der Waals surface area contributed by atoms with E-state index < -0.39 is 0 Å². The summed E-state index contributed by atoms with van der Waals surface area (Å²) in [5.41, 5.74) is 7.28. The summed E-state index contributed by atoms with van der Waals surface area (Å²) in [6.07, 6.45) is 3.50. The number of piperidine rings is 1. The van der Waals surface area contributed by atoms with Crippen molar-refractivity contribution in [1.82, 2.24) is 9.80 Å². The molecular formula is C18H30ClN3O. The molecule has 1 aliphatic rings. The number of likely N-dealkylation sites (N-methyl/N-ethyl adjacent to an activating group) is 1. The predicted molar refractivity (Wildman–Crippen MR) is 97.6 cm³/mol. The molecule has 23 heavy (non-hydrogen) atoms. The molecule has 0 aromatic heterocycles. The third-order valence-corrected chi connectivity index (χ3v) is 4.56. The third-order valence-electron chi connectivity index (χ3n) is 4.56. The van der Waals surface area contributed by atoms with E-state index in [0.29, 0.717) is 19.1 Å². The van der Waals surface area contributed by atoms with Gasteiger partial charge in [0.15, 0.2) is 0 Å². The van der Waals surface area contributed by atoms with Crippen LogP contribution in [0.2, 0.25) is 0 Å². The molecule has 1 saturated heterocycles. The molecule has 5 heteroatoms. The highest BCUT2D eigenvalue weighted by Crippen LogP contribution is 2.19. The van der Waals surface area contributed by atoms with E-state index in [2.05, 4.69) is 24.0 Å². The molecule has 1 heterocycles. The lowest BCUT2D eigenvalue weighted by Crippen LogP contribution is -2.52. The highest BCUT2D eigenvalue weighted by molar-refractivity contribution is 5.85. The Morgan fingerprint density at radius 2 is 2.04 bits per heavy atom. The minimum Gasteiger partial charge on any atom is -0.338 e. The molecule has 0 saturated carbocycles. The second-order valence-corrected chi connectivity index (χ2v) is 6.29. The van der Waals surface area contributed by atoms with E-state index in [4.69, 9.17) is 5.73 Å². The summed E-state index contributed by atoms with van der Waals surface area (Å²) in [6, 6.07) is 10.6. The summed E-state index contributed by atoms with van der Waals surface area (Å²) < 4.78 is 0. The number of nitrogens with zero attached hydrogens (tertiary/aromatic N) is 2. The second-order valence-electron chi connectivity index (χ2n) is 6.29. The van der Waals surface area contributed by atoms with Gasteiger partial charge in [-0.15, -0.1) is 12.4 Å². The van der Waals surface area contributed by atoms with Crippen LogP contribution in [0.4, 0.5) is 0 Å². The van der Waals surface area contributed by atoms with E-state index in [0.717, 1.165) is 19.5 Å². The minimum absolute atomic E-state index is 0. The number of carbonyl (C=O) groups excluding carboxylic acids is 1. The lowest BCUT2D eigenvalue weighted by atomic mass is 9.97. The Labute approximate surface area is 146 Å². The number of rotatable bonds is 6. The van der Waals surface area contributed by atoms with E-state index >= 15 is 0 Å². The minimum atomic E-state index is 0. The first-order chi connectivity index (χ1) is 10.6. The standard InChI is InChI=1S/C18H29N3O.ClH/c1-3-20(13-16-9-5-4-6-10-16)18(22)14-21-12-8-7-11-17(21)15(2)19;/h4-6,9-10,15,17H,3,7-8,11-14,19H2,1-2H3;1H. The normalized spacial score (nSPS) is 19.7. The van der Waals surface area contributed by atoms with Crippen molar-refractivity contribution in [3.63, 3.8) is 0 Å². The number of likely N-dealkylation sites (tertiary alicyclic amines) is 1. The average Bonchev–Trinajstić information content (AvgIpc) is 2.53. The quantitative estimate of drug-likeness (QED) is 0.866. The predicted octanol–water partition coefficient (Wildman–Crippen LogP) is 2.66. The van der Waals surface area contributed by atoms with Crippen LogP contribution in [0.25, 0.3) is 0 Å². The molecule has 0 spiro atoms. The maximum atomic E-state index is 12.7. The third kappa shape index (κ3) is 5.79. The molecule has 1 aliphatic heterocycles. The van der Waals surface area contributed by atoms with Gasteiger partial charge in [-0.05, 0) is 38.8 Å². The summed E-state index contributed by atoms with van der Waals surface area (Å²) in [4.78, 5) is 16.9. The van der Waals surface area contributed by atoms with Gasteiger partial charge in [-0.1, -0.05) is 36.8 Å². The second kappa shape index (κ2) is 9.91. The van der Waals surface area contributed by atoms with Crippen LogP contribution < -0.4 is 5.73 Å². The van der Waals surface area contributed by atoms with Gasteiger partial charge in [0.05, 0.1) is 6.54 Å². The summed E-state index contributed by atoms with van der Waals surface area (Å²) in [7, 11) is 0. The van der Waals surface area contributed by atoms with Crippen LogP contribution in [0.3, 0.4) is 0 Å². The van der Waals surface area contributed by atoms with Crippen molar-refractivity contribution in [3.05, 3.63) is 35.9 Å². The van der Waals surface area contributed by atoms with Crippen LogP contribution in [0.5, 0.6) is 0 Å². The van der Waals surface area contributed by atoms with Crippen LogP contribution in [-0.4, -0.2) is 47.4 Å². The lowest BCUT2D eigenvalue weighted by Gasteiger charge is -2.38. The monoisotopic (exact) mass is 339 g/mol. The first-order valence-electron chi connectivity index (χ1n) is 8.43. The van der Waals surface area contributed by atoms with Gasteiger partial charge >= 0.3 is 0 Å². The number of nitrogens with two attached hydrogens (primary N) is 1. The summed E-state index contributed by atoms with van der Waals surface area (Å²) >= 11 is 0. The first-order valence-corrected chi connectivity index (χ1v) is 8.43. The zero-order valence-corrected chi connectivity index (χ0v) is 15.1. The number of benzene rings is 1. The molecule has 1 aromatic rings. The van der Waals surface area contributed by atoms with Gasteiger partial charge in [0.2, 0.25) is 5.91 Å². The first kappa shape index (κ1) is 19.9. The SMILES string of the molecule is CCN(Cc1ccccc1)C(=O)CN1CCCCC1C(C)N.Cl. The maximum absolute atomic E-state index is 12.7. The number of hydrogen-bond acceptors (Lipinski definition) is 3. The molecule has 1 fully saturated rings. The Bertz CT molecular complexity index is 467. The molecule has 2 N–H and O–H groups in total. The Kier molecular flexibility index (Phi) is 8.59. The fraction of sp³-hybridized carbons (Fsp3) is 0.611. The van der Waals surface area contributed by atoms with Crippen molar-refractivity contribution >= 4 is 18.3 Å². The van der Waals surface area contributed by atoms with Crippen LogP contribution in [0.1, 0.15) is 38.7 Å². The fourth-order valence-electron chi connectivity index (χ4n) is 3.26. The number of carbonyl (C=O) groups is 1. The molecular weight excluding hydrogens is 310 g/mol. The molecule has 1 amide bonds. The number of halogens is 1. The average molecular weight is 340 g/mol. The van der Waals surface area contributed by atoms with Gasteiger partial charge in [0.25, 0.3) is 0 Å².